The Hall–Kier alpha value is -1.43. The monoisotopic (exact) mass is 277 g/mol. The molecular weight excluding hydrogens is 254 g/mol. The van der Waals surface area contributed by atoms with Crippen molar-refractivity contribution in [2.75, 3.05) is 27.2 Å². The van der Waals surface area contributed by atoms with Gasteiger partial charge in [0.1, 0.15) is 6.04 Å². The molecule has 1 aliphatic rings. The number of rotatable bonds is 4. The second kappa shape index (κ2) is 6.35. The first kappa shape index (κ1) is 15.0. The van der Waals surface area contributed by atoms with E-state index in [4.69, 9.17) is 5.73 Å². The fourth-order valence-electron chi connectivity index (χ4n) is 2.74. The molecule has 0 radical (unpaired) electrons. The number of nitrogens with two attached hydrogens (primary N) is 1. The number of likely N-dealkylation sites (tertiary alicyclic amines) is 1. The first-order chi connectivity index (χ1) is 9.49. The highest BCUT2D eigenvalue weighted by atomic mass is 16.3. The largest absolute Gasteiger partial charge is 0.391 e. The van der Waals surface area contributed by atoms with Crippen LogP contribution in [0.3, 0.4) is 0 Å². The van der Waals surface area contributed by atoms with Gasteiger partial charge in [-0.2, -0.15) is 0 Å². The van der Waals surface area contributed by atoms with Gasteiger partial charge in [-0.15, -0.1) is 0 Å². The fraction of sp³-hybridized carbons (Fsp3) is 0.533. The van der Waals surface area contributed by atoms with Crippen LogP contribution in [0, 0.1) is 0 Å². The standard InChI is InChI=1S/C15H23N3O2/c1-17(2)9-12-8-13(19)10-18(12)15(20)14(16)11-6-4-3-5-7-11/h3-7,12-14,19H,8-10,16H2,1-2H3. The van der Waals surface area contributed by atoms with Gasteiger partial charge in [0.05, 0.1) is 6.10 Å². The Morgan fingerprint density at radius 3 is 2.70 bits per heavy atom. The summed E-state index contributed by atoms with van der Waals surface area (Å²) in [7, 11) is 3.93. The molecule has 1 saturated heterocycles. The average Bonchev–Trinajstić information content (AvgIpc) is 2.78. The molecule has 3 unspecified atom stereocenters. The second-order valence-corrected chi connectivity index (χ2v) is 5.68. The van der Waals surface area contributed by atoms with Gasteiger partial charge in [-0.05, 0) is 26.1 Å². The molecule has 0 saturated carbocycles. The number of aliphatic hydroxyl groups excluding tert-OH is 1. The molecule has 3 N–H and O–H groups in total. The summed E-state index contributed by atoms with van der Waals surface area (Å²) in [5, 5.41) is 9.83. The van der Waals surface area contributed by atoms with Crippen molar-refractivity contribution in [2.45, 2.75) is 24.6 Å². The minimum absolute atomic E-state index is 0.0299. The van der Waals surface area contributed by atoms with Gasteiger partial charge >= 0.3 is 0 Å². The Labute approximate surface area is 120 Å². The summed E-state index contributed by atoms with van der Waals surface area (Å²) < 4.78 is 0. The molecule has 5 heteroatoms. The zero-order valence-electron chi connectivity index (χ0n) is 12.1. The van der Waals surface area contributed by atoms with E-state index in [0.29, 0.717) is 13.0 Å². The van der Waals surface area contributed by atoms with Crippen molar-refractivity contribution in [3.05, 3.63) is 35.9 Å². The lowest BCUT2D eigenvalue weighted by molar-refractivity contribution is -0.134. The number of aliphatic hydroxyl groups is 1. The van der Waals surface area contributed by atoms with E-state index in [1.54, 1.807) is 4.90 Å². The van der Waals surface area contributed by atoms with Crippen molar-refractivity contribution in [1.29, 1.82) is 0 Å². The van der Waals surface area contributed by atoms with Gasteiger partial charge < -0.3 is 20.6 Å². The van der Waals surface area contributed by atoms with Gasteiger partial charge in [-0.3, -0.25) is 4.79 Å². The summed E-state index contributed by atoms with van der Waals surface area (Å²) >= 11 is 0. The zero-order valence-corrected chi connectivity index (χ0v) is 12.1. The highest BCUT2D eigenvalue weighted by Gasteiger charge is 2.36. The fourth-order valence-corrected chi connectivity index (χ4v) is 2.74. The summed E-state index contributed by atoms with van der Waals surface area (Å²) in [6.45, 7) is 1.11. The van der Waals surface area contributed by atoms with Gasteiger partial charge in [0.25, 0.3) is 0 Å². The van der Waals surface area contributed by atoms with Crippen LogP contribution in [0.4, 0.5) is 0 Å². The molecule has 0 bridgehead atoms. The van der Waals surface area contributed by atoms with Crippen molar-refractivity contribution in [1.82, 2.24) is 9.80 Å². The predicted octanol–water partition coefficient (Wildman–Crippen LogP) is 0.210. The SMILES string of the molecule is CN(C)CC1CC(O)CN1C(=O)C(N)c1ccccc1. The van der Waals surface area contributed by atoms with E-state index in [9.17, 15) is 9.90 Å². The summed E-state index contributed by atoms with van der Waals surface area (Å²) in [4.78, 5) is 16.3. The lowest BCUT2D eigenvalue weighted by Crippen LogP contribution is -2.45. The maximum atomic E-state index is 12.6. The lowest BCUT2D eigenvalue weighted by atomic mass is 10.1. The number of amides is 1. The summed E-state index contributed by atoms with van der Waals surface area (Å²) in [6.07, 6.45) is 0.165. The molecular formula is C15H23N3O2. The number of carbonyl (C=O) groups excluding carboxylic acids is 1. The molecule has 1 aromatic rings. The summed E-state index contributed by atoms with van der Waals surface area (Å²) in [5.41, 5.74) is 6.88. The molecule has 1 aliphatic heterocycles. The number of benzene rings is 1. The first-order valence-electron chi connectivity index (χ1n) is 6.93. The normalized spacial score (nSPS) is 24.1. The molecule has 5 nitrogen and oxygen atoms in total. The van der Waals surface area contributed by atoms with E-state index in [0.717, 1.165) is 12.1 Å². The second-order valence-electron chi connectivity index (χ2n) is 5.68. The average molecular weight is 277 g/mol. The van der Waals surface area contributed by atoms with Crippen molar-refractivity contribution >= 4 is 5.91 Å². The Balaban J connectivity index is 2.10. The molecule has 110 valence electrons. The van der Waals surface area contributed by atoms with Crippen LogP contribution in [-0.4, -0.2) is 60.1 Å². The minimum Gasteiger partial charge on any atom is -0.391 e. The van der Waals surface area contributed by atoms with Crippen LogP contribution >= 0.6 is 0 Å². The van der Waals surface area contributed by atoms with Crippen LogP contribution in [0.5, 0.6) is 0 Å². The van der Waals surface area contributed by atoms with Crippen molar-refractivity contribution < 1.29 is 9.90 Å². The highest BCUT2D eigenvalue weighted by Crippen LogP contribution is 2.23. The number of β-amino-alcohol motifs (C(OH)–C–C–N with tert-alkyl or cyclic N) is 1. The van der Waals surface area contributed by atoms with Crippen molar-refractivity contribution in [3.63, 3.8) is 0 Å². The molecule has 2 rings (SSSR count). The van der Waals surface area contributed by atoms with Crippen LogP contribution in [0.25, 0.3) is 0 Å². The van der Waals surface area contributed by atoms with Crippen LogP contribution in [0.15, 0.2) is 30.3 Å². The Bertz CT molecular complexity index is 450. The zero-order chi connectivity index (χ0) is 14.7. The van der Waals surface area contributed by atoms with E-state index in [1.807, 2.05) is 49.3 Å². The van der Waals surface area contributed by atoms with Gasteiger partial charge in [0.15, 0.2) is 0 Å². The molecule has 1 heterocycles. The third-order valence-electron chi connectivity index (χ3n) is 3.68. The molecule has 20 heavy (non-hydrogen) atoms. The van der Waals surface area contributed by atoms with E-state index >= 15 is 0 Å². The van der Waals surface area contributed by atoms with Gasteiger partial charge in [-0.1, -0.05) is 30.3 Å². The van der Waals surface area contributed by atoms with E-state index < -0.39 is 12.1 Å². The topological polar surface area (TPSA) is 69.8 Å². The maximum absolute atomic E-state index is 12.6. The quantitative estimate of drug-likeness (QED) is 0.825. The third kappa shape index (κ3) is 3.36. The number of carbonyl (C=O) groups is 1. The number of hydrogen-bond acceptors (Lipinski definition) is 4. The third-order valence-corrected chi connectivity index (χ3v) is 3.68. The first-order valence-corrected chi connectivity index (χ1v) is 6.93. The molecule has 0 aromatic heterocycles. The van der Waals surface area contributed by atoms with Crippen LogP contribution < -0.4 is 5.73 Å². The lowest BCUT2D eigenvalue weighted by Gasteiger charge is -2.29. The van der Waals surface area contributed by atoms with Gasteiger partial charge in [-0.25, -0.2) is 0 Å². The molecule has 1 aromatic carbocycles. The van der Waals surface area contributed by atoms with Crippen LogP contribution in [-0.2, 0) is 4.79 Å². The van der Waals surface area contributed by atoms with E-state index in [-0.39, 0.29) is 11.9 Å². The number of hydrogen-bond donors (Lipinski definition) is 2. The molecule has 3 atom stereocenters. The number of likely N-dealkylation sites (N-methyl/N-ethyl adjacent to an activating group) is 1. The molecule has 0 aliphatic carbocycles. The number of nitrogens with zero attached hydrogens (tertiary/aromatic N) is 2. The predicted molar refractivity (Wildman–Crippen MR) is 78.0 cm³/mol. The molecule has 1 fully saturated rings. The summed E-state index contributed by atoms with van der Waals surface area (Å²) in [6, 6.07) is 8.73. The Morgan fingerprint density at radius 1 is 1.45 bits per heavy atom. The molecule has 1 amide bonds. The minimum atomic E-state index is -0.661. The smallest absolute Gasteiger partial charge is 0.244 e. The highest BCUT2D eigenvalue weighted by molar-refractivity contribution is 5.83. The van der Waals surface area contributed by atoms with E-state index in [1.165, 1.54) is 0 Å². The van der Waals surface area contributed by atoms with Crippen molar-refractivity contribution in [3.8, 4) is 0 Å². The Morgan fingerprint density at radius 2 is 2.10 bits per heavy atom. The summed E-state index contributed by atoms with van der Waals surface area (Å²) in [5.74, 6) is -0.111. The van der Waals surface area contributed by atoms with Gasteiger partial charge in [0, 0.05) is 19.1 Å². The van der Waals surface area contributed by atoms with Crippen LogP contribution in [0.2, 0.25) is 0 Å². The molecule has 0 spiro atoms. The van der Waals surface area contributed by atoms with Gasteiger partial charge in [0.2, 0.25) is 5.91 Å². The van der Waals surface area contributed by atoms with Crippen LogP contribution in [0.1, 0.15) is 18.0 Å². The van der Waals surface area contributed by atoms with Crippen molar-refractivity contribution in [2.24, 2.45) is 5.73 Å². The van der Waals surface area contributed by atoms with E-state index in [2.05, 4.69) is 0 Å². The Kier molecular flexibility index (Phi) is 4.75. The maximum Gasteiger partial charge on any atom is 0.244 e.